The average molecular weight is 258 g/mol. The summed E-state index contributed by atoms with van der Waals surface area (Å²) in [5.74, 6) is 0. The molecule has 0 bridgehead atoms. The highest BCUT2D eigenvalue weighted by atomic mass is 35.5. The number of rotatable bonds is 3. The summed E-state index contributed by atoms with van der Waals surface area (Å²) in [7, 11) is 0. The van der Waals surface area contributed by atoms with Gasteiger partial charge < -0.3 is 5.32 Å². The van der Waals surface area contributed by atoms with Crippen LogP contribution in [0.3, 0.4) is 0 Å². The first-order valence-electron chi connectivity index (χ1n) is 4.61. The summed E-state index contributed by atoms with van der Waals surface area (Å²) in [6.45, 7) is 1.98. The third-order valence-electron chi connectivity index (χ3n) is 2.11. The number of aromatic nitrogens is 4. The molecule has 0 saturated carbocycles. The molecule has 2 aromatic rings. The topological polar surface area (TPSA) is 66.5 Å². The van der Waals surface area contributed by atoms with Crippen LogP contribution in [-0.2, 0) is 0 Å². The summed E-state index contributed by atoms with van der Waals surface area (Å²) in [5, 5.41) is 17.7. The Morgan fingerprint density at radius 2 is 2.19 bits per heavy atom. The lowest BCUT2D eigenvalue weighted by molar-refractivity contribution is 0.879. The summed E-state index contributed by atoms with van der Waals surface area (Å²) in [4.78, 5) is 0. The number of hydrogen-bond donors (Lipinski definition) is 2. The Hall–Kier alpha value is -1.33. The van der Waals surface area contributed by atoms with Gasteiger partial charge in [0.2, 0.25) is 0 Å². The Bertz CT molecular complexity index is 471. The van der Waals surface area contributed by atoms with Crippen molar-refractivity contribution in [1.29, 1.82) is 0 Å². The van der Waals surface area contributed by atoms with Crippen LogP contribution in [0.4, 0.5) is 5.69 Å². The number of nitrogens with one attached hydrogen (secondary N) is 2. The van der Waals surface area contributed by atoms with Crippen molar-refractivity contribution in [2.24, 2.45) is 0 Å². The van der Waals surface area contributed by atoms with Gasteiger partial charge in [0.25, 0.3) is 0 Å². The maximum atomic E-state index is 5.88. The van der Waals surface area contributed by atoms with E-state index in [0.29, 0.717) is 16.0 Å². The maximum absolute atomic E-state index is 5.88. The van der Waals surface area contributed by atoms with Crippen LogP contribution in [0.15, 0.2) is 18.5 Å². The number of hydrogen-bond acceptors (Lipinski definition) is 4. The second kappa shape index (κ2) is 4.67. The highest BCUT2D eigenvalue weighted by Crippen LogP contribution is 2.25. The zero-order valence-corrected chi connectivity index (χ0v) is 9.92. The van der Waals surface area contributed by atoms with Gasteiger partial charge in [0, 0.05) is 17.8 Å². The van der Waals surface area contributed by atoms with Crippen LogP contribution in [0.1, 0.15) is 18.5 Å². The molecule has 7 heteroatoms. The van der Waals surface area contributed by atoms with Crippen LogP contribution in [0, 0.1) is 0 Å². The second-order valence-electron chi connectivity index (χ2n) is 3.27. The maximum Gasteiger partial charge on any atom is 0.174 e. The van der Waals surface area contributed by atoms with E-state index in [0.717, 1.165) is 5.56 Å². The third kappa shape index (κ3) is 2.43. The van der Waals surface area contributed by atoms with Gasteiger partial charge in [0.15, 0.2) is 10.3 Å². The third-order valence-corrected chi connectivity index (χ3v) is 2.57. The molecular weight excluding hydrogens is 249 g/mol. The molecule has 1 atom stereocenters. The van der Waals surface area contributed by atoms with Crippen LogP contribution >= 0.6 is 23.2 Å². The van der Waals surface area contributed by atoms with Crippen LogP contribution in [0.5, 0.6) is 0 Å². The van der Waals surface area contributed by atoms with Gasteiger partial charge in [-0.3, -0.25) is 5.10 Å². The van der Waals surface area contributed by atoms with E-state index in [9.17, 15) is 0 Å². The van der Waals surface area contributed by atoms with Gasteiger partial charge in [-0.25, -0.2) is 0 Å². The number of anilines is 1. The Morgan fingerprint density at radius 1 is 1.38 bits per heavy atom. The van der Waals surface area contributed by atoms with Crippen molar-refractivity contribution >= 4 is 28.9 Å². The largest absolute Gasteiger partial charge is 0.376 e. The number of aromatic amines is 1. The molecule has 2 N–H and O–H groups in total. The molecule has 0 saturated heterocycles. The number of H-pyrrole nitrogens is 1. The van der Waals surface area contributed by atoms with E-state index in [-0.39, 0.29) is 6.04 Å². The smallest absolute Gasteiger partial charge is 0.174 e. The van der Waals surface area contributed by atoms with Gasteiger partial charge in [-0.1, -0.05) is 23.2 Å². The number of nitrogens with zero attached hydrogens (tertiary/aromatic N) is 3. The molecule has 0 aromatic carbocycles. The molecule has 0 radical (unpaired) electrons. The summed E-state index contributed by atoms with van der Waals surface area (Å²) in [5.41, 5.74) is 1.67. The van der Waals surface area contributed by atoms with Gasteiger partial charge in [0.1, 0.15) is 0 Å². The van der Waals surface area contributed by atoms with E-state index in [2.05, 4.69) is 25.7 Å². The average Bonchev–Trinajstić information content (AvgIpc) is 2.76. The zero-order chi connectivity index (χ0) is 11.5. The van der Waals surface area contributed by atoms with E-state index in [4.69, 9.17) is 23.2 Å². The molecule has 84 valence electrons. The summed E-state index contributed by atoms with van der Waals surface area (Å²) >= 11 is 11.6. The number of halogens is 2. The van der Waals surface area contributed by atoms with Gasteiger partial charge >= 0.3 is 0 Å². The van der Waals surface area contributed by atoms with E-state index in [1.54, 1.807) is 12.3 Å². The van der Waals surface area contributed by atoms with Gasteiger partial charge in [-0.2, -0.15) is 5.10 Å². The van der Waals surface area contributed by atoms with Gasteiger partial charge in [-0.05, 0) is 6.92 Å². The SMILES string of the molecule is CC(Nc1cc(Cl)nnc1Cl)c1cn[nH]c1. The molecule has 0 aliphatic heterocycles. The van der Waals surface area contributed by atoms with Crippen LogP contribution in [-0.4, -0.2) is 20.4 Å². The van der Waals surface area contributed by atoms with Crippen molar-refractivity contribution in [2.45, 2.75) is 13.0 Å². The predicted molar refractivity (Wildman–Crippen MR) is 62.7 cm³/mol. The quantitative estimate of drug-likeness (QED) is 0.888. The van der Waals surface area contributed by atoms with Crippen molar-refractivity contribution in [3.63, 3.8) is 0 Å². The minimum absolute atomic E-state index is 0.0523. The molecule has 2 rings (SSSR count). The standard InChI is InChI=1S/C9H9Cl2N5/c1-5(6-3-12-13-4-6)14-7-2-8(10)15-16-9(7)11/h2-5H,1H3,(H,12,13)(H,14,15). The van der Waals surface area contributed by atoms with Gasteiger partial charge in [-0.15, -0.1) is 10.2 Å². The van der Waals surface area contributed by atoms with E-state index in [1.165, 1.54) is 0 Å². The molecule has 0 spiro atoms. The van der Waals surface area contributed by atoms with Crippen molar-refractivity contribution < 1.29 is 0 Å². The fourth-order valence-corrected chi connectivity index (χ4v) is 1.56. The summed E-state index contributed by atoms with van der Waals surface area (Å²) in [6, 6.07) is 1.68. The first-order chi connectivity index (χ1) is 7.66. The van der Waals surface area contributed by atoms with E-state index >= 15 is 0 Å². The molecule has 2 heterocycles. The van der Waals surface area contributed by atoms with Crippen LogP contribution in [0.2, 0.25) is 10.3 Å². The molecular formula is C9H9Cl2N5. The molecule has 0 aliphatic rings. The van der Waals surface area contributed by atoms with E-state index < -0.39 is 0 Å². The minimum atomic E-state index is 0.0523. The molecule has 0 fully saturated rings. The van der Waals surface area contributed by atoms with Crippen molar-refractivity contribution in [3.8, 4) is 0 Å². The lowest BCUT2D eigenvalue weighted by Gasteiger charge is -2.13. The minimum Gasteiger partial charge on any atom is -0.376 e. The molecule has 0 aliphatic carbocycles. The Labute approximate surface area is 102 Å². The molecule has 16 heavy (non-hydrogen) atoms. The Morgan fingerprint density at radius 3 is 2.88 bits per heavy atom. The van der Waals surface area contributed by atoms with E-state index in [1.807, 2.05) is 13.1 Å². The van der Waals surface area contributed by atoms with Crippen molar-refractivity contribution in [3.05, 3.63) is 34.3 Å². The predicted octanol–water partition coefficient (Wildman–Crippen LogP) is 2.68. The molecule has 5 nitrogen and oxygen atoms in total. The Balaban J connectivity index is 2.17. The lowest BCUT2D eigenvalue weighted by atomic mass is 10.2. The van der Waals surface area contributed by atoms with Crippen molar-refractivity contribution in [1.82, 2.24) is 20.4 Å². The fraction of sp³-hybridized carbons (Fsp3) is 0.222. The first-order valence-corrected chi connectivity index (χ1v) is 5.36. The highest BCUT2D eigenvalue weighted by molar-refractivity contribution is 6.33. The molecule has 2 aromatic heterocycles. The summed E-state index contributed by atoms with van der Waals surface area (Å²) in [6.07, 6.45) is 3.55. The summed E-state index contributed by atoms with van der Waals surface area (Å²) < 4.78 is 0. The zero-order valence-electron chi connectivity index (χ0n) is 8.41. The van der Waals surface area contributed by atoms with Crippen molar-refractivity contribution in [2.75, 3.05) is 5.32 Å². The Kier molecular flexibility index (Phi) is 3.26. The van der Waals surface area contributed by atoms with Crippen LogP contribution < -0.4 is 5.32 Å². The lowest BCUT2D eigenvalue weighted by Crippen LogP contribution is -2.07. The monoisotopic (exact) mass is 257 g/mol. The molecule has 1 unspecified atom stereocenters. The fourth-order valence-electron chi connectivity index (χ4n) is 1.27. The highest BCUT2D eigenvalue weighted by Gasteiger charge is 2.10. The van der Waals surface area contributed by atoms with Crippen LogP contribution in [0.25, 0.3) is 0 Å². The molecule has 0 amide bonds. The normalized spacial score (nSPS) is 12.4. The van der Waals surface area contributed by atoms with Gasteiger partial charge in [0.05, 0.1) is 17.9 Å². The second-order valence-corrected chi connectivity index (χ2v) is 4.01. The first kappa shape index (κ1) is 11.2.